The Hall–Kier alpha value is -3.21. The largest absolute Gasteiger partial charge is 0.359 e. The third kappa shape index (κ3) is 3.21. The van der Waals surface area contributed by atoms with Crippen LogP contribution < -0.4 is 5.32 Å². The van der Waals surface area contributed by atoms with E-state index in [9.17, 15) is 0 Å². The van der Waals surface area contributed by atoms with Gasteiger partial charge in [-0.3, -0.25) is 0 Å². The van der Waals surface area contributed by atoms with Crippen molar-refractivity contribution >= 4 is 16.9 Å². The Morgan fingerprint density at radius 3 is 2.80 bits per heavy atom. The van der Waals surface area contributed by atoms with Gasteiger partial charge >= 0.3 is 0 Å². The Balaban J connectivity index is 1.54. The zero-order valence-electron chi connectivity index (χ0n) is 14.2. The second-order valence-electron chi connectivity index (χ2n) is 6.21. The van der Waals surface area contributed by atoms with Crippen LogP contribution >= 0.6 is 0 Å². The first-order valence-electron chi connectivity index (χ1n) is 8.27. The average Bonchev–Trinajstić information content (AvgIpc) is 3.00. The Labute approximate surface area is 146 Å². The van der Waals surface area contributed by atoms with Gasteiger partial charge in [-0.05, 0) is 48.6 Å². The van der Waals surface area contributed by atoms with Crippen LogP contribution in [0.15, 0.2) is 54.7 Å². The number of aromatic nitrogens is 4. The minimum atomic E-state index is 0.533. The molecule has 5 heteroatoms. The third-order valence-electron chi connectivity index (χ3n) is 4.25. The Morgan fingerprint density at radius 1 is 1.04 bits per heavy atom. The van der Waals surface area contributed by atoms with E-state index in [1.54, 1.807) is 6.20 Å². The van der Waals surface area contributed by atoms with Crippen molar-refractivity contribution in [2.75, 3.05) is 5.32 Å². The van der Waals surface area contributed by atoms with Gasteiger partial charge < -0.3 is 10.3 Å². The van der Waals surface area contributed by atoms with Crippen LogP contribution in [-0.2, 0) is 6.54 Å². The highest BCUT2D eigenvalue weighted by Crippen LogP contribution is 2.21. The standard InChI is InChI=1S/C20H19N5/c1-13-5-3-4-6-17(13)19-12-22-25-20(24-19)21-11-15-7-8-18-16(10-15)9-14(2)23-18/h3-10,12,23H,11H2,1-2H3,(H,21,24,25). The summed E-state index contributed by atoms with van der Waals surface area (Å²) in [6.07, 6.45) is 1.70. The maximum atomic E-state index is 4.59. The fraction of sp³-hybridized carbons (Fsp3) is 0.150. The number of rotatable bonds is 4. The second-order valence-corrected chi connectivity index (χ2v) is 6.21. The molecule has 0 unspecified atom stereocenters. The third-order valence-corrected chi connectivity index (χ3v) is 4.25. The van der Waals surface area contributed by atoms with Crippen molar-refractivity contribution in [2.45, 2.75) is 20.4 Å². The first-order valence-corrected chi connectivity index (χ1v) is 8.27. The number of nitrogens with one attached hydrogen (secondary N) is 2. The van der Waals surface area contributed by atoms with Gasteiger partial charge in [0.25, 0.3) is 0 Å². The number of nitrogens with zero attached hydrogens (tertiary/aromatic N) is 3. The van der Waals surface area contributed by atoms with Crippen molar-refractivity contribution in [2.24, 2.45) is 0 Å². The molecule has 0 atom stereocenters. The summed E-state index contributed by atoms with van der Waals surface area (Å²) in [5.41, 5.74) is 6.56. The van der Waals surface area contributed by atoms with Crippen molar-refractivity contribution in [1.29, 1.82) is 0 Å². The molecular weight excluding hydrogens is 310 g/mol. The summed E-state index contributed by atoms with van der Waals surface area (Å²) in [5, 5.41) is 12.7. The highest BCUT2D eigenvalue weighted by atomic mass is 15.2. The first-order chi connectivity index (χ1) is 12.2. The van der Waals surface area contributed by atoms with Gasteiger partial charge in [0.1, 0.15) is 0 Å². The van der Waals surface area contributed by atoms with Crippen molar-refractivity contribution in [3.8, 4) is 11.3 Å². The van der Waals surface area contributed by atoms with Gasteiger partial charge in [0.2, 0.25) is 5.95 Å². The fourth-order valence-corrected chi connectivity index (χ4v) is 2.99. The first kappa shape index (κ1) is 15.3. The molecule has 2 aromatic heterocycles. The van der Waals surface area contributed by atoms with Crippen LogP contribution in [-0.4, -0.2) is 20.2 Å². The number of hydrogen-bond donors (Lipinski definition) is 2. The minimum Gasteiger partial charge on any atom is -0.359 e. The highest BCUT2D eigenvalue weighted by molar-refractivity contribution is 5.81. The van der Waals surface area contributed by atoms with Gasteiger partial charge in [0, 0.05) is 23.3 Å². The van der Waals surface area contributed by atoms with Crippen molar-refractivity contribution in [3.63, 3.8) is 0 Å². The SMILES string of the molecule is Cc1cc2cc(CNc3nncc(-c4ccccc4C)n3)ccc2[nH]1. The van der Waals surface area contributed by atoms with Gasteiger partial charge in [-0.25, -0.2) is 4.98 Å². The molecule has 2 aromatic carbocycles. The van der Waals surface area contributed by atoms with Gasteiger partial charge in [-0.2, -0.15) is 5.10 Å². The predicted octanol–water partition coefficient (Wildman–Crippen LogP) is 4.25. The molecule has 4 rings (SSSR count). The Morgan fingerprint density at radius 2 is 1.92 bits per heavy atom. The maximum absolute atomic E-state index is 4.59. The quantitative estimate of drug-likeness (QED) is 0.587. The molecule has 0 bridgehead atoms. The molecule has 0 radical (unpaired) electrons. The summed E-state index contributed by atoms with van der Waals surface area (Å²) >= 11 is 0. The predicted molar refractivity (Wildman–Crippen MR) is 100 cm³/mol. The van der Waals surface area contributed by atoms with Crippen LogP contribution in [0.2, 0.25) is 0 Å². The van der Waals surface area contributed by atoms with E-state index in [4.69, 9.17) is 0 Å². The molecule has 2 N–H and O–H groups in total. The molecule has 0 saturated heterocycles. The van der Waals surface area contributed by atoms with Crippen LogP contribution in [0.5, 0.6) is 0 Å². The Kier molecular flexibility index (Phi) is 3.90. The molecule has 0 fully saturated rings. The van der Waals surface area contributed by atoms with E-state index in [1.807, 2.05) is 18.2 Å². The minimum absolute atomic E-state index is 0.533. The second kappa shape index (κ2) is 6.36. The van der Waals surface area contributed by atoms with Crippen LogP contribution in [0, 0.1) is 13.8 Å². The van der Waals surface area contributed by atoms with E-state index >= 15 is 0 Å². The molecular formula is C20H19N5. The van der Waals surface area contributed by atoms with Gasteiger partial charge in [0.15, 0.2) is 0 Å². The molecule has 2 heterocycles. The van der Waals surface area contributed by atoms with E-state index in [-0.39, 0.29) is 0 Å². The normalized spacial score (nSPS) is 11.0. The van der Waals surface area contributed by atoms with Crippen LogP contribution in [0.1, 0.15) is 16.8 Å². The van der Waals surface area contributed by atoms with Crippen molar-refractivity contribution in [3.05, 3.63) is 71.5 Å². The summed E-state index contributed by atoms with van der Waals surface area (Å²) in [5.74, 6) is 0.533. The van der Waals surface area contributed by atoms with E-state index in [0.29, 0.717) is 12.5 Å². The van der Waals surface area contributed by atoms with Gasteiger partial charge in [0.05, 0.1) is 11.9 Å². The molecule has 0 aliphatic rings. The zero-order chi connectivity index (χ0) is 17.2. The molecule has 25 heavy (non-hydrogen) atoms. The summed E-state index contributed by atoms with van der Waals surface area (Å²) < 4.78 is 0. The van der Waals surface area contributed by atoms with Gasteiger partial charge in [-0.1, -0.05) is 30.3 Å². The lowest BCUT2D eigenvalue weighted by molar-refractivity contribution is 0.949. The average molecular weight is 329 g/mol. The topological polar surface area (TPSA) is 66.5 Å². The highest BCUT2D eigenvalue weighted by Gasteiger charge is 2.06. The lowest BCUT2D eigenvalue weighted by atomic mass is 10.1. The lowest BCUT2D eigenvalue weighted by Gasteiger charge is -2.08. The molecule has 4 aromatic rings. The molecule has 124 valence electrons. The Bertz CT molecular complexity index is 1040. The summed E-state index contributed by atoms with van der Waals surface area (Å²) in [6, 6.07) is 16.7. The number of anilines is 1. The van der Waals surface area contributed by atoms with Crippen LogP contribution in [0.3, 0.4) is 0 Å². The number of aryl methyl sites for hydroxylation is 2. The van der Waals surface area contributed by atoms with E-state index in [0.717, 1.165) is 16.8 Å². The lowest BCUT2D eigenvalue weighted by Crippen LogP contribution is -2.05. The molecule has 0 spiro atoms. The fourth-order valence-electron chi connectivity index (χ4n) is 2.99. The maximum Gasteiger partial charge on any atom is 0.243 e. The van der Waals surface area contributed by atoms with Crippen LogP contribution in [0.4, 0.5) is 5.95 Å². The number of benzene rings is 2. The molecule has 0 aliphatic carbocycles. The zero-order valence-corrected chi connectivity index (χ0v) is 14.2. The summed E-state index contributed by atoms with van der Waals surface area (Å²) in [7, 11) is 0. The van der Waals surface area contributed by atoms with E-state index in [2.05, 4.69) is 69.7 Å². The van der Waals surface area contributed by atoms with Crippen molar-refractivity contribution < 1.29 is 0 Å². The summed E-state index contributed by atoms with van der Waals surface area (Å²) in [6.45, 7) is 4.78. The molecule has 0 amide bonds. The number of fused-ring (bicyclic) bond motifs is 1. The van der Waals surface area contributed by atoms with Crippen LogP contribution in [0.25, 0.3) is 22.2 Å². The summed E-state index contributed by atoms with van der Waals surface area (Å²) in [4.78, 5) is 7.93. The molecule has 0 saturated carbocycles. The smallest absolute Gasteiger partial charge is 0.243 e. The van der Waals surface area contributed by atoms with Gasteiger partial charge in [-0.15, -0.1) is 5.10 Å². The van der Waals surface area contributed by atoms with Crippen molar-refractivity contribution in [1.82, 2.24) is 20.2 Å². The van der Waals surface area contributed by atoms with E-state index < -0.39 is 0 Å². The number of H-pyrrole nitrogens is 1. The number of aromatic amines is 1. The monoisotopic (exact) mass is 329 g/mol. The molecule has 0 aliphatic heterocycles. The van der Waals surface area contributed by atoms with E-state index in [1.165, 1.54) is 22.2 Å². The number of hydrogen-bond acceptors (Lipinski definition) is 4. The molecule has 5 nitrogen and oxygen atoms in total.